The van der Waals surface area contributed by atoms with Gasteiger partial charge in [-0.1, -0.05) is 30.3 Å². The second-order valence-corrected chi connectivity index (χ2v) is 9.55. The van der Waals surface area contributed by atoms with Gasteiger partial charge in [-0.3, -0.25) is 0 Å². The third-order valence-corrected chi connectivity index (χ3v) is 7.45. The molecule has 4 heterocycles. The normalized spacial score (nSPS) is 21.7. The summed E-state index contributed by atoms with van der Waals surface area (Å²) in [5.74, 6) is 0.939. The molecule has 2 amide bonds. The number of rotatable bonds is 3. The van der Waals surface area contributed by atoms with Gasteiger partial charge in [0.2, 0.25) is 0 Å². The van der Waals surface area contributed by atoms with E-state index < -0.39 is 0 Å². The second-order valence-electron chi connectivity index (χ2n) is 9.55. The molecule has 2 N–H and O–H groups in total. The van der Waals surface area contributed by atoms with Crippen molar-refractivity contribution in [1.29, 1.82) is 0 Å². The lowest BCUT2D eigenvalue weighted by Gasteiger charge is -2.32. The first-order valence-electron chi connectivity index (χ1n) is 12.1. The van der Waals surface area contributed by atoms with Crippen molar-refractivity contribution < 1.29 is 4.79 Å². The molecule has 0 radical (unpaired) electrons. The van der Waals surface area contributed by atoms with Gasteiger partial charge in [-0.15, -0.1) is 0 Å². The van der Waals surface area contributed by atoms with E-state index in [1.54, 1.807) is 6.33 Å². The van der Waals surface area contributed by atoms with Gasteiger partial charge in [0.05, 0.1) is 52.5 Å². The fraction of sp³-hybridized carbons (Fsp3) is 0.259. The number of carbonyl (C=O) groups excluding carboxylic acids is 1. The Morgan fingerprint density at radius 2 is 1.74 bits per heavy atom. The maximum absolute atomic E-state index is 12.0. The highest BCUT2D eigenvalue weighted by atomic mass is 16.2. The molecular formula is C27H25N7O. The third kappa shape index (κ3) is 3.20. The van der Waals surface area contributed by atoms with E-state index in [1.807, 2.05) is 29.9 Å². The molecule has 1 saturated carbocycles. The zero-order valence-corrected chi connectivity index (χ0v) is 19.3. The number of urea groups is 1. The Morgan fingerprint density at radius 1 is 0.943 bits per heavy atom. The second kappa shape index (κ2) is 7.66. The van der Waals surface area contributed by atoms with Crippen molar-refractivity contribution in [3.8, 4) is 22.8 Å². The minimum atomic E-state index is -0.0580. The number of amides is 2. The Kier molecular flexibility index (Phi) is 4.42. The summed E-state index contributed by atoms with van der Waals surface area (Å²) in [7, 11) is 1.98. The summed E-state index contributed by atoms with van der Waals surface area (Å²) in [5, 5.41) is 7.25. The van der Waals surface area contributed by atoms with Gasteiger partial charge in [0.25, 0.3) is 0 Å². The Bertz CT molecular complexity index is 1600. The zero-order valence-electron chi connectivity index (χ0n) is 19.3. The van der Waals surface area contributed by atoms with Gasteiger partial charge in [-0.25, -0.2) is 19.7 Å². The van der Waals surface area contributed by atoms with Crippen LogP contribution in [0.5, 0.6) is 0 Å². The quantitative estimate of drug-likeness (QED) is 0.414. The molecule has 1 aliphatic carbocycles. The predicted octanol–water partition coefficient (Wildman–Crippen LogP) is 4.43. The number of nitrogens with zero attached hydrogens (tertiary/aromatic N) is 5. The monoisotopic (exact) mass is 463 g/mol. The number of fused-ring (bicyclic) bond motifs is 3. The van der Waals surface area contributed by atoms with Crippen LogP contribution in [0.1, 0.15) is 25.3 Å². The lowest BCUT2D eigenvalue weighted by molar-refractivity contribution is 0.247. The van der Waals surface area contributed by atoms with Crippen molar-refractivity contribution in [3.63, 3.8) is 0 Å². The number of aromatic nitrogens is 5. The maximum atomic E-state index is 12.0. The molecule has 7 rings (SSSR count). The van der Waals surface area contributed by atoms with Crippen LogP contribution >= 0.6 is 0 Å². The topological polar surface area (TPSA) is 89.7 Å². The molecule has 2 aliphatic rings. The van der Waals surface area contributed by atoms with Gasteiger partial charge in [0, 0.05) is 24.0 Å². The summed E-state index contributed by atoms with van der Waals surface area (Å²) in [6.07, 6.45) is 6.43. The lowest BCUT2D eigenvalue weighted by Crippen LogP contribution is -2.40. The van der Waals surface area contributed by atoms with Crippen molar-refractivity contribution in [2.24, 2.45) is 7.05 Å². The van der Waals surface area contributed by atoms with Crippen LogP contribution in [0.15, 0.2) is 67.1 Å². The number of hydrogen-bond acceptors (Lipinski definition) is 4. The smallest absolute Gasteiger partial charge is 0.315 e. The molecule has 35 heavy (non-hydrogen) atoms. The minimum Gasteiger partial charge on any atom is -0.333 e. The van der Waals surface area contributed by atoms with Crippen molar-refractivity contribution in [2.45, 2.75) is 37.4 Å². The molecule has 2 fully saturated rings. The number of carbonyl (C=O) groups is 1. The molecular weight excluding hydrogens is 438 g/mol. The molecule has 8 heteroatoms. The van der Waals surface area contributed by atoms with E-state index in [9.17, 15) is 4.79 Å². The highest BCUT2D eigenvalue weighted by molar-refractivity contribution is 5.97. The summed E-state index contributed by atoms with van der Waals surface area (Å²) in [4.78, 5) is 26.4. The zero-order chi connectivity index (χ0) is 23.5. The van der Waals surface area contributed by atoms with Crippen LogP contribution in [0, 0.1) is 0 Å². The third-order valence-electron chi connectivity index (χ3n) is 7.45. The molecule has 8 nitrogen and oxygen atoms in total. The van der Waals surface area contributed by atoms with E-state index in [0.29, 0.717) is 0 Å². The number of imidazole rings is 2. The van der Waals surface area contributed by atoms with Crippen LogP contribution in [0.25, 0.3) is 44.7 Å². The Morgan fingerprint density at radius 3 is 2.60 bits per heavy atom. The van der Waals surface area contributed by atoms with Crippen molar-refractivity contribution in [1.82, 2.24) is 34.7 Å². The standard InChI is InChI=1S/C27H25N7O/c1-33-15-28-14-25(33)23-13-18(17-6-2-3-7-19(17)29-23)26-30-21-8-4-5-9-24(21)34(26)16-10-11-20-22(12-16)32-27(35)31-20/h2-9,13-16,20,22H,10-12H2,1H3,(H2,31,32,35). The molecule has 1 aliphatic heterocycles. The van der Waals surface area contributed by atoms with Crippen molar-refractivity contribution >= 4 is 28.0 Å². The molecule has 0 spiro atoms. The Balaban J connectivity index is 1.45. The minimum absolute atomic E-state index is 0.0580. The summed E-state index contributed by atoms with van der Waals surface area (Å²) in [5.41, 5.74) is 5.90. The number of para-hydroxylation sites is 3. The predicted molar refractivity (Wildman–Crippen MR) is 135 cm³/mol. The lowest BCUT2D eigenvalue weighted by atomic mass is 9.87. The molecule has 3 unspecified atom stereocenters. The molecule has 5 aromatic rings. The first-order chi connectivity index (χ1) is 17.2. The SMILES string of the molecule is Cn1cncc1-c1cc(-c2nc3ccccc3n2C2CCC3NC(=O)NC3C2)c2ccccc2n1. The molecule has 2 aromatic carbocycles. The maximum Gasteiger partial charge on any atom is 0.315 e. The van der Waals surface area contributed by atoms with Crippen LogP contribution in [-0.2, 0) is 7.05 Å². The fourth-order valence-electron chi connectivity index (χ4n) is 5.79. The van der Waals surface area contributed by atoms with Crippen LogP contribution in [0.3, 0.4) is 0 Å². The highest BCUT2D eigenvalue weighted by Gasteiger charge is 2.38. The molecule has 3 atom stereocenters. The van der Waals surface area contributed by atoms with E-state index in [0.717, 1.165) is 64.0 Å². The van der Waals surface area contributed by atoms with Crippen LogP contribution in [0.4, 0.5) is 4.79 Å². The number of nitrogens with one attached hydrogen (secondary N) is 2. The first kappa shape index (κ1) is 20.2. The molecule has 0 bridgehead atoms. The van der Waals surface area contributed by atoms with Crippen molar-refractivity contribution in [3.05, 3.63) is 67.1 Å². The van der Waals surface area contributed by atoms with Crippen LogP contribution in [0.2, 0.25) is 0 Å². The summed E-state index contributed by atoms with van der Waals surface area (Å²) in [6, 6.07) is 19.2. The van der Waals surface area contributed by atoms with Crippen LogP contribution in [-0.4, -0.2) is 42.2 Å². The van der Waals surface area contributed by atoms with E-state index in [1.165, 1.54) is 0 Å². The van der Waals surface area contributed by atoms with Crippen LogP contribution < -0.4 is 10.6 Å². The number of benzene rings is 2. The Labute approximate surface area is 202 Å². The molecule has 174 valence electrons. The van der Waals surface area contributed by atoms with Gasteiger partial charge >= 0.3 is 6.03 Å². The van der Waals surface area contributed by atoms with Gasteiger partial charge in [0.15, 0.2) is 0 Å². The summed E-state index contributed by atoms with van der Waals surface area (Å²) in [6.45, 7) is 0. The fourth-order valence-corrected chi connectivity index (χ4v) is 5.79. The summed E-state index contributed by atoms with van der Waals surface area (Å²) < 4.78 is 4.38. The number of hydrogen-bond donors (Lipinski definition) is 2. The van der Waals surface area contributed by atoms with Gasteiger partial charge in [-0.2, -0.15) is 0 Å². The van der Waals surface area contributed by atoms with Crippen molar-refractivity contribution in [2.75, 3.05) is 0 Å². The Hall–Kier alpha value is -4.20. The molecule has 3 aromatic heterocycles. The van der Waals surface area contributed by atoms with Gasteiger partial charge in [-0.05, 0) is 43.5 Å². The number of aryl methyl sites for hydroxylation is 1. The van der Waals surface area contributed by atoms with E-state index >= 15 is 0 Å². The van der Waals surface area contributed by atoms with E-state index in [-0.39, 0.29) is 24.2 Å². The van der Waals surface area contributed by atoms with E-state index in [4.69, 9.17) is 9.97 Å². The van der Waals surface area contributed by atoms with E-state index in [2.05, 4.69) is 62.6 Å². The highest BCUT2D eigenvalue weighted by Crippen LogP contribution is 2.39. The summed E-state index contributed by atoms with van der Waals surface area (Å²) >= 11 is 0. The number of pyridine rings is 1. The van der Waals surface area contributed by atoms with Gasteiger partial charge < -0.3 is 19.8 Å². The average molecular weight is 464 g/mol. The molecule has 1 saturated heterocycles. The first-order valence-corrected chi connectivity index (χ1v) is 12.1. The largest absolute Gasteiger partial charge is 0.333 e. The average Bonchev–Trinajstić information content (AvgIpc) is 3.58. The van der Waals surface area contributed by atoms with Gasteiger partial charge in [0.1, 0.15) is 5.82 Å².